The lowest BCUT2D eigenvalue weighted by Gasteiger charge is -2.45. The number of sulfonamides is 1. The van der Waals surface area contributed by atoms with Crippen LogP contribution in [0.2, 0.25) is 0 Å². The van der Waals surface area contributed by atoms with E-state index in [0.717, 1.165) is 32.1 Å². The minimum atomic E-state index is -3.64. The van der Waals surface area contributed by atoms with Crippen LogP contribution in [-0.4, -0.2) is 65.7 Å². The van der Waals surface area contributed by atoms with E-state index in [4.69, 9.17) is 0 Å². The summed E-state index contributed by atoms with van der Waals surface area (Å²) in [5, 5.41) is 21.4. The van der Waals surface area contributed by atoms with Gasteiger partial charge in [-0.1, -0.05) is 38.1 Å². The van der Waals surface area contributed by atoms with Gasteiger partial charge in [0, 0.05) is 24.5 Å². The monoisotopic (exact) mass is 560 g/mol. The van der Waals surface area contributed by atoms with Gasteiger partial charge in [-0.05, 0) is 72.8 Å². The van der Waals surface area contributed by atoms with E-state index in [1.165, 1.54) is 11.1 Å². The number of fused-ring (bicyclic) bond motifs is 4. The Morgan fingerprint density at radius 2 is 1.67 bits per heavy atom. The van der Waals surface area contributed by atoms with Gasteiger partial charge in [0.1, 0.15) is 0 Å². The Balaban J connectivity index is 1.33. The fourth-order valence-electron chi connectivity index (χ4n) is 8.48. The third-order valence-corrected chi connectivity index (χ3v) is 13.0. The number of rotatable bonds is 9. The summed E-state index contributed by atoms with van der Waals surface area (Å²) in [6, 6.07) is 8.06. The van der Waals surface area contributed by atoms with Crippen molar-refractivity contribution in [2.24, 2.45) is 22.7 Å². The maximum Gasteiger partial charge on any atom is 0.304 e. The lowest BCUT2D eigenvalue weighted by atomic mass is 9.69. The van der Waals surface area contributed by atoms with Crippen LogP contribution in [0, 0.1) is 22.7 Å². The first-order chi connectivity index (χ1) is 18.3. The lowest BCUT2D eigenvalue weighted by molar-refractivity contribution is -0.145. The van der Waals surface area contributed by atoms with Crippen LogP contribution in [0.3, 0.4) is 0 Å². The molecular formula is C29H40N2O7S. The minimum absolute atomic E-state index is 0.0474. The van der Waals surface area contributed by atoms with Crippen molar-refractivity contribution >= 4 is 27.9 Å². The van der Waals surface area contributed by atoms with Crippen molar-refractivity contribution in [3.05, 3.63) is 35.4 Å². The van der Waals surface area contributed by atoms with Crippen molar-refractivity contribution in [3.63, 3.8) is 0 Å². The highest BCUT2D eigenvalue weighted by atomic mass is 32.2. The van der Waals surface area contributed by atoms with Gasteiger partial charge in [0.25, 0.3) is 0 Å². The summed E-state index contributed by atoms with van der Waals surface area (Å²) in [4.78, 5) is 35.7. The van der Waals surface area contributed by atoms with Crippen LogP contribution in [-0.2, 0) is 36.2 Å². The summed E-state index contributed by atoms with van der Waals surface area (Å²) >= 11 is 0. The maximum absolute atomic E-state index is 14.0. The fourth-order valence-corrected chi connectivity index (χ4v) is 10.8. The molecule has 2 saturated carbocycles. The number of benzene rings is 1. The standard InChI is InChI=1S/C29H40N2O7S/c1-27(2)21-8-10-29(27,23(17-21)30-26(36)20(15-24(32)33)16-25(34)35)18-39(37,38)31-13-11-28(12-14-31)9-7-19-5-3-4-6-22(19)28/h3-6,20-21,23H,7-18H2,1-2H3,(H,30,36)(H,32,33)(H,34,35)/t21-,23+,29-/m1/s1. The molecule has 0 unspecified atom stereocenters. The fraction of sp³-hybridized carbons (Fsp3) is 0.690. The molecule has 1 aromatic rings. The molecule has 4 aliphatic rings. The van der Waals surface area contributed by atoms with E-state index in [1.807, 2.05) is 0 Å². The van der Waals surface area contributed by atoms with Crippen LogP contribution < -0.4 is 5.32 Å². The summed E-state index contributed by atoms with van der Waals surface area (Å²) in [6.07, 6.45) is 4.67. The second-order valence-electron chi connectivity index (χ2n) is 12.9. The van der Waals surface area contributed by atoms with Gasteiger partial charge in [-0.25, -0.2) is 12.7 Å². The molecule has 0 aromatic heterocycles. The highest BCUT2D eigenvalue weighted by Gasteiger charge is 2.66. The molecule has 3 atom stereocenters. The van der Waals surface area contributed by atoms with E-state index in [-0.39, 0.29) is 22.5 Å². The van der Waals surface area contributed by atoms with Crippen LogP contribution in [0.1, 0.15) is 76.3 Å². The van der Waals surface area contributed by atoms with Gasteiger partial charge in [-0.15, -0.1) is 0 Å². The van der Waals surface area contributed by atoms with Crippen LogP contribution in [0.5, 0.6) is 0 Å². The van der Waals surface area contributed by atoms with Crippen molar-refractivity contribution in [1.82, 2.24) is 9.62 Å². The highest BCUT2D eigenvalue weighted by molar-refractivity contribution is 7.89. The molecule has 0 radical (unpaired) electrons. The molecule has 3 aliphatic carbocycles. The Morgan fingerprint density at radius 3 is 2.28 bits per heavy atom. The molecule has 3 N–H and O–H groups in total. The first kappa shape index (κ1) is 28.1. The van der Waals surface area contributed by atoms with Gasteiger partial charge in [0.05, 0.1) is 24.5 Å². The second kappa shape index (κ2) is 9.87. The van der Waals surface area contributed by atoms with Crippen molar-refractivity contribution in [2.75, 3.05) is 18.8 Å². The molecule has 9 nitrogen and oxygen atoms in total. The Hall–Kier alpha value is -2.46. The number of nitrogens with zero attached hydrogens (tertiary/aromatic N) is 1. The number of amides is 1. The predicted molar refractivity (Wildman–Crippen MR) is 145 cm³/mol. The number of carboxylic acids is 2. The Labute approximate surface area is 230 Å². The molecule has 5 rings (SSSR count). The summed E-state index contributed by atoms with van der Waals surface area (Å²) in [5.74, 6) is -4.15. The molecule has 2 bridgehead atoms. The molecule has 1 aromatic carbocycles. The van der Waals surface area contributed by atoms with Gasteiger partial charge in [0.2, 0.25) is 15.9 Å². The van der Waals surface area contributed by atoms with Crippen molar-refractivity contribution < 1.29 is 33.0 Å². The number of carbonyl (C=O) groups is 3. The molecule has 1 spiro atoms. The van der Waals surface area contributed by atoms with Crippen molar-refractivity contribution in [3.8, 4) is 0 Å². The highest BCUT2D eigenvalue weighted by Crippen LogP contribution is 2.66. The average Bonchev–Trinajstić information content (AvgIpc) is 3.40. The number of hydrogen-bond donors (Lipinski definition) is 3. The Kier molecular flexibility index (Phi) is 7.11. The van der Waals surface area contributed by atoms with Crippen molar-refractivity contribution in [2.45, 2.75) is 83.1 Å². The van der Waals surface area contributed by atoms with Crippen LogP contribution in [0.15, 0.2) is 24.3 Å². The van der Waals surface area contributed by atoms with E-state index >= 15 is 0 Å². The smallest absolute Gasteiger partial charge is 0.304 e. The molecule has 1 aliphatic heterocycles. The second-order valence-corrected chi connectivity index (χ2v) is 14.9. The number of aryl methyl sites for hydroxylation is 1. The van der Waals surface area contributed by atoms with Gasteiger partial charge in [-0.3, -0.25) is 14.4 Å². The first-order valence-electron chi connectivity index (χ1n) is 14.1. The topological polar surface area (TPSA) is 141 Å². The third kappa shape index (κ3) is 4.77. The van der Waals surface area contributed by atoms with Gasteiger partial charge < -0.3 is 15.5 Å². The van der Waals surface area contributed by atoms with Gasteiger partial charge in [0.15, 0.2) is 0 Å². The zero-order valence-corrected chi connectivity index (χ0v) is 23.6. The number of aliphatic carboxylic acids is 2. The predicted octanol–water partition coefficient (Wildman–Crippen LogP) is 3.17. The molecule has 39 heavy (non-hydrogen) atoms. The molecule has 1 heterocycles. The molecule has 1 amide bonds. The number of carboxylic acid groups (broad SMARTS) is 2. The summed E-state index contributed by atoms with van der Waals surface area (Å²) in [5.41, 5.74) is 1.76. The minimum Gasteiger partial charge on any atom is -0.481 e. The summed E-state index contributed by atoms with van der Waals surface area (Å²) < 4.78 is 29.6. The molecule has 10 heteroatoms. The van der Waals surface area contributed by atoms with E-state index in [2.05, 4.69) is 43.4 Å². The lowest BCUT2D eigenvalue weighted by Crippen LogP contribution is -2.56. The van der Waals surface area contributed by atoms with E-state index < -0.39 is 58.1 Å². The van der Waals surface area contributed by atoms with E-state index in [0.29, 0.717) is 25.9 Å². The number of piperidine rings is 1. The zero-order valence-electron chi connectivity index (χ0n) is 22.8. The SMILES string of the molecule is CC1(C)[C@@H]2CC[C@@]1(CS(=O)(=O)N1CCC3(CCc4ccccc43)CC1)[C@@H](NC(=O)C(CC(=O)O)CC(=O)O)C2. The van der Waals surface area contributed by atoms with Gasteiger partial charge in [-0.2, -0.15) is 0 Å². The normalized spacial score (nSPS) is 29.0. The van der Waals surface area contributed by atoms with Crippen molar-refractivity contribution in [1.29, 1.82) is 0 Å². The molecule has 1 saturated heterocycles. The van der Waals surface area contributed by atoms with Crippen LogP contribution >= 0.6 is 0 Å². The quantitative estimate of drug-likeness (QED) is 0.421. The molecular weight excluding hydrogens is 520 g/mol. The Morgan fingerprint density at radius 1 is 1.03 bits per heavy atom. The van der Waals surface area contributed by atoms with E-state index in [1.54, 1.807) is 4.31 Å². The number of hydrogen-bond acceptors (Lipinski definition) is 5. The summed E-state index contributed by atoms with van der Waals surface area (Å²) in [7, 11) is -3.64. The first-order valence-corrected chi connectivity index (χ1v) is 15.7. The van der Waals surface area contributed by atoms with Crippen LogP contribution in [0.25, 0.3) is 0 Å². The zero-order chi connectivity index (χ0) is 28.2. The summed E-state index contributed by atoms with van der Waals surface area (Å²) in [6.45, 7) is 5.12. The van der Waals surface area contributed by atoms with E-state index in [9.17, 15) is 33.0 Å². The number of carbonyl (C=O) groups excluding carboxylic acids is 1. The maximum atomic E-state index is 14.0. The molecule has 214 valence electrons. The molecule has 3 fully saturated rings. The largest absolute Gasteiger partial charge is 0.481 e. The number of nitrogens with one attached hydrogen (secondary N) is 1. The Bertz CT molecular complexity index is 1250. The average molecular weight is 561 g/mol. The van der Waals surface area contributed by atoms with Gasteiger partial charge >= 0.3 is 11.9 Å². The van der Waals surface area contributed by atoms with Crippen LogP contribution in [0.4, 0.5) is 0 Å². The third-order valence-electron chi connectivity index (χ3n) is 10.9.